The Hall–Kier alpha value is -1.78. The Balaban J connectivity index is 2.10. The molecular formula is C14H21N3O2. The van der Waals surface area contributed by atoms with Gasteiger partial charge in [0.2, 0.25) is 0 Å². The zero-order chi connectivity index (χ0) is 13.9. The number of hydrogen-bond acceptors (Lipinski definition) is 5. The van der Waals surface area contributed by atoms with Crippen LogP contribution in [0, 0.1) is 5.41 Å². The van der Waals surface area contributed by atoms with E-state index in [1.165, 1.54) is 32.8 Å². The van der Waals surface area contributed by atoms with Crippen molar-refractivity contribution in [2.45, 2.75) is 32.6 Å². The quantitative estimate of drug-likeness (QED) is 0.816. The summed E-state index contributed by atoms with van der Waals surface area (Å²) >= 11 is 0. The van der Waals surface area contributed by atoms with E-state index in [9.17, 15) is 4.79 Å². The third-order valence-electron chi connectivity index (χ3n) is 3.89. The summed E-state index contributed by atoms with van der Waals surface area (Å²) in [5.41, 5.74) is 6.98. The Morgan fingerprint density at radius 2 is 2.21 bits per heavy atom. The van der Waals surface area contributed by atoms with Crippen molar-refractivity contribution in [2.75, 3.05) is 24.7 Å². The van der Waals surface area contributed by atoms with Crippen LogP contribution < -0.4 is 11.1 Å². The first-order chi connectivity index (χ1) is 9.06. The maximum atomic E-state index is 11.6. The second-order valence-corrected chi connectivity index (χ2v) is 5.48. The monoisotopic (exact) mass is 263 g/mol. The number of nitrogens with zero attached hydrogens (tertiary/aromatic N) is 1. The third kappa shape index (κ3) is 2.97. The molecule has 5 heteroatoms. The molecule has 0 bridgehead atoms. The lowest BCUT2D eigenvalue weighted by Gasteiger charge is -2.24. The largest absolute Gasteiger partial charge is 0.465 e. The lowest BCUT2D eigenvalue weighted by atomic mass is 9.89. The van der Waals surface area contributed by atoms with Gasteiger partial charge in [-0.25, -0.2) is 9.78 Å². The molecule has 0 spiro atoms. The molecule has 3 N–H and O–H groups in total. The number of carbonyl (C=O) groups is 1. The van der Waals surface area contributed by atoms with E-state index in [0.29, 0.717) is 22.5 Å². The maximum Gasteiger partial charge on any atom is 0.340 e. The molecule has 0 amide bonds. The number of pyridine rings is 1. The molecule has 0 saturated heterocycles. The molecule has 0 aromatic carbocycles. The van der Waals surface area contributed by atoms with E-state index in [0.717, 1.165) is 6.54 Å². The molecule has 0 radical (unpaired) electrons. The van der Waals surface area contributed by atoms with Crippen molar-refractivity contribution >= 4 is 17.5 Å². The van der Waals surface area contributed by atoms with Gasteiger partial charge >= 0.3 is 5.97 Å². The van der Waals surface area contributed by atoms with Gasteiger partial charge in [0.05, 0.1) is 18.4 Å². The highest BCUT2D eigenvalue weighted by atomic mass is 16.5. The molecule has 5 nitrogen and oxygen atoms in total. The third-order valence-corrected chi connectivity index (χ3v) is 3.89. The van der Waals surface area contributed by atoms with Crippen molar-refractivity contribution in [1.29, 1.82) is 0 Å². The fourth-order valence-corrected chi connectivity index (χ4v) is 2.60. The maximum absolute atomic E-state index is 11.6. The molecule has 2 rings (SSSR count). The number of nitrogen functional groups attached to an aromatic ring is 1. The zero-order valence-corrected chi connectivity index (χ0v) is 11.5. The van der Waals surface area contributed by atoms with Crippen molar-refractivity contribution in [2.24, 2.45) is 5.41 Å². The van der Waals surface area contributed by atoms with Crippen molar-refractivity contribution in [3.63, 3.8) is 0 Å². The molecule has 1 aliphatic rings. The number of anilines is 2. The molecule has 19 heavy (non-hydrogen) atoms. The zero-order valence-electron chi connectivity index (χ0n) is 11.5. The van der Waals surface area contributed by atoms with E-state index < -0.39 is 5.97 Å². The van der Waals surface area contributed by atoms with Crippen LogP contribution in [0.15, 0.2) is 12.3 Å². The first-order valence-corrected chi connectivity index (χ1v) is 6.62. The molecule has 0 unspecified atom stereocenters. The minimum absolute atomic E-state index is 0.301. The SMILES string of the molecule is COC(=O)c1ccnc(NCC2(C)CCCC2)c1N. The Labute approximate surface area is 113 Å². The molecule has 104 valence electrons. The molecular weight excluding hydrogens is 242 g/mol. The smallest absolute Gasteiger partial charge is 0.340 e. The molecule has 1 heterocycles. The Morgan fingerprint density at radius 1 is 1.53 bits per heavy atom. The van der Waals surface area contributed by atoms with Gasteiger partial charge in [-0.15, -0.1) is 0 Å². The molecule has 0 aliphatic heterocycles. The number of rotatable bonds is 4. The van der Waals surface area contributed by atoms with E-state index in [-0.39, 0.29) is 0 Å². The van der Waals surface area contributed by atoms with E-state index in [4.69, 9.17) is 10.5 Å². The normalized spacial score (nSPS) is 17.2. The first kappa shape index (κ1) is 13.6. The average Bonchev–Trinajstić information content (AvgIpc) is 2.84. The second-order valence-electron chi connectivity index (χ2n) is 5.48. The van der Waals surface area contributed by atoms with Crippen LogP contribution in [0.1, 0.15) is 43.0 Å². The summed E-state index contributed by atoms with van der Waals surface area (Å²) in [5.74, 6) is 0.131. The van der Waals surface area contributed by atoms with Gasteiger partial charge in [-0.1, -0.05) is 19.8 Å². The second kappa shape index (κ2) is 5.47. The standard InChI is InChI=1S/C14H21N3O2/c1-14(6-3-4-7-14)9-17-12-11(15)10(5-8-16-12)13(18)19-2/h5,8H,3-4,6-7,9,15H2,1-2H3,(H,16,17). The number of methoxy groups -OCH3 is 1. The van der Waals surface area contributed by atoms with Crippen molar-refractivity contribution in [3.8, 4) is 0 Å². The summed E-state index contributed by atoms with van der Waals surface area (Å²) in [6.45, 7) is 3.10. The van der Waals surface area contributed by atoms with Gasteiger partial charge in [0.25, 0.3) is 0 Å². The molecule has 0 atom stereocenters. The number of nitrogens with one attached hydrogen (secondary N) is 1. The minimum Gasteiger partial charge on any atom is -0.465 e. The predicted molar refractivity (Wildman–Crippen MR) is 75.1 cm³/mol. The number of carbonyl (C=O) groups excluding carboxylic acids is 1. The van der Waals surface area contributed by atoms with Crippen molar-refractivity contribution in [1.82, 2.24) is 4.98 Å². The van der Waals surface area contributed by atoms with E-state index in [1.807, 2.05) is 0 Å². The van der Waals surface area contributed by atoms with Gasteiger partial charge in [0.1, 0.15) is 5.82 Å². The molecule has 1 aromatic heterocycles. The van der Waals surface area contributed by atoms with Gasteiger partial charge in [-0.3, -0.25) is 0 Å². The van der Waals surface area contributed by atoms with Crippen LogP contribution in [0.4, 0.5) is 11.5 Å². The summed E-state index contributed by atoms with van der Waals surface area (Å²) in [5, 5.41) is 3.27. The van der Waals surface area contributed by atoms with Gasteiger partial charge in [-0.05, 0) is 24.3 Å². The molecule has 1 saturated carbocycles. The molecule has 1 fully saturated rings. The molecule has 1 aliphatic carbocycles. The topological polar surface area (TPSA) is 77.2 Å². The first-order valence-electron chi connectivity index (χ1n) is 6.62. The summed E-state index contributed by atoms with van der Waals surface area (Å²) in [6.07, 6.45) is 6.57. The number of hydrogen-bond donors (Lipinski definition) is 2. The van der Waals surface area contributed by atoms with Crippen LogP contribution in [0.3, 0.4) is 0 Å². The number of aromatic nitrogens is 1. The van der Waals surface area contributed by atoms with Crippen LogP contribution in [-0.2, 0) is 4.74 Å². The van der Waals surface area contributed by atoms with Crippen molar-refractivity contribution < 1.29 is 9.53 Å². The van der Waals surface area contributed by atoms with Crippen LogP contribution in [0.25, 0.3) is 0 Å². The van der Waals surface area contributed by atoms with Gasteiger partial charge < -0.3 is 15.8 Å². The highest BCUT2D eigenvalue weighted by Gasteiger charge is 2.28. The van der Waals surface area contributed by atoms with E-state index in [2.05, 4.69) is 17.2 Å². The van der Waals surface area contributed by atoms with Crippen LogP contribution in [-0.4, -0.2) is 24.6 Å². The predicted octanol–water partition coefficient (Wildman–Crippen LogP) is 2.44. The fourth-order valence-electron chi connectivity index (χ4n) is 2.60. The average molecular weight is 263 g/mol. The van der Waals surface area contributed by atoms with Crippen molar-refractivity contribution in [3.05, 3.63) is 17.8 Å². The number of nitrogens with two attached hydrogens (primary N) is 1. The van der Waals surface area contributed by atoms with Crippen LogP contribution >= 0.6 is 0 Å². The molecule has 1 aromatic rings. The van der Waals surface area contributed by atoms with E-state index >= 15 is 0 Å². The van der Waals surface area contributed by atoms with Gasteiger partial charge in [0, 0.05) is 12.7 Å². The van der Waals surface area contributed by atoms with Gasteiger partial charge in [-0.2, -0.15) is 0 Å². The summed E-state index contributed by atoms with van der Waals surface area (Å²) < 4.78 is 4.70. The Morgan fingerprint density at radius 3 is 2.84 bits per heavy atom. The lowest BCUT2D eigenvalue weighted by Crippen LogP contribution is -2.24. The van der Waals surface area contributed by atoms with Gasteiger partial charge in [0.15, 0.2) is 0 Å². The lowest BCUT2D eigenvalue weighted by molar-refractivity contribution is 0.0602. The highest BCUT2D eigenvalue weighted by molar-refractivity contribution is 5.97. The Bertz CT molecular complexity index is 468. The minimum atomic E-state index is -0.435. The Kier molecular flexibility index (Phi) is 3.93. The van der Waals surface area contributed by atoms with E-state index in [1.54, 1.807) is 12.3 Å². The highest BCUT2D eigenvalue weighted by Crippen LogP contribution is 2.37. The number of esters is 1. The van der Waals surface area contributed by atoms with Crippen LogP contribution in [0.2, 0.25) is 0 Å². The summed E-state index contributed by atoms with van der Waals surface area (Å²) in [4.78, 5) is 15.8. The number of ether oxygens (including phenoxy) is 1. The summed E-state index contributed by atoms with van der Waals surface area (Å²) in [7, 11) is 1.34. The summed E-state index contributed by atoms with van der Waals surface area (Å²) in [6, 6.07) is 1.57. The van der Waals surface area contributed by atoms with Crippen LogP contribution in [0.5, 0.6) is 0 Å². The fraction of sp³-hybridized carbons (Fsp3) is 0.571.